The van der Waals surface area contributed by atoms with Crippen molar-refractivity contribution in [2.24, 2.45) is 10.4 Å². The zero-order chi connectivity index (χ0) is 15.4. The van der Waals surface area contributed by atoms with Crippen molar-refractivity contribution in [3.63, 3.8) is 0 Å². The second-order valence-corrected chi connectivity index (χ2v) is 7.73. The lowest BCUT2D eigenvalue weighted by Gasteiger charge is -2.33. The predicted octanol–water partition coefficient (Wildman–Crippen LogP) is 2.70. The first kappa shape index (κ1) is 16.1. The summed E-state index contributed by atoms with van der Waals surface area (Å²) < 4.78 is 0. The molecule has 2 aliphatic heterocycles. The molecular weight excluding hydrogens is 272 g/mol. The van der Waals surface area contributed by atoms with E-state index >= 15 is 0 Å². The van der Waals surface area contributed by atoms with Crippen LogP contribution in [0.3, 0.4) is 0 Å². The lowest BCUT2D eigenvalue weighted by Crippen LogP contribution is -2.46. The van der Waals surface area contributed by atoms with Gasteiger partial charge in [0.15, 0.2) is 5.96 Å². The highest BCUT2D eigenvalue weighted by Crippen LogP contribution is 2.45. The van der Waals surface area contributed by atoms with E-state index in [9.17, 15) is 0 Å². The van der Waals surface area contributed by atoms with Crippen LogP contribution in [0.5, 0.6) is 0 Å². The normalized spacial score (nSPS) is 29.5. The minimum atomic E-state index is 0.624. The summed E-state index contributed by atoms with van der Waals surface area (Å²) in [6.07, 6.45) is 11.3. The number of aliphatic imine (C=N–C) groups is 1. The van der Waals surface area contributed by atoms with Gasteiger partial charge in [-0.25, -0.2) is 0 Å². The molecule has 2 heterocycles. The zero-order valence-electron chi connectivity index (χ0n) is 14.6. The van der Waals surface area contributed by atoms with Crippen molar-refractivity contribution in [3.8, 4) is 0 Å². The standard InChI is InChI=1S/C18H34N4/c1-16-7-3-6-12-21(16)14-11-20-17(19-2)22-13-10-18(15-22)8-4-5-9-18/h16H,3-15H2,1-2H3,(H,19,20). The lowest BCUT2D eigenvalue weighted by molar-refractivity contribution is 0.163. The van der Waals surface area contributed by atoms with Crippen molar-refractivity contribution in [3.05, 3.63) is 0 Å². The average Bonchev–Trinajstić information content (AvgIpc) is 3.16. The van der Waals surface area contributed by atoms with E-state index in [1.807, 2.05) is 7.05 Å². The Morgan fingerprint density at radius 2 is 1.95 bits per heavy atom. The van der Waals surface area contributed by atoms with Crippen LogP contribution in [0.25, 0.3) is 0 Å². The number of rotatable bonds is 3. The number of piperidine rings is 1. The van der Waals surface area contributed by atoms with Crippen molar-refractivity contribution in [1.82, 2.24) is 15.1 Å². The molecule has 126 valence electrons. The topological polar surface area (TPSA) is 30.9 Å². The first-order valence-electron chi connectivity index (χ1n) is 9.42. The van der Waals surface area contributed by atoms with E-state index in [-0.39, 0.29) is 0 Å². The molecule has 0 aromatic carbocycles. The molecular formula is C18H34N4. The van der Waals surface area contributed by atoms with E-state index in [1.165, 1.54) is 71.0 Å². The van der Waals surface area contributed by atoms with Gasteiger partial charge in [-0.3, -0.25) is 9.89 Å². The molecule has 22 heavy (non-hydrogen) atoms. The van der Waals surface area contributed by atoms with E-state index < -0.39 is 0 Å². The Kier molecular flexibility index (Phi) is 5.27. The Bertz CT molecular complexity index is 387. The molecule has 0 aromatic heterocycles. The van der Waals surface area contributed by atoms with Crippen LogP contribution in [-0.4, -0.2) is 61.6 Å². The first-order chi connectivity index (χ1) is 10.7. The summed E-state index contributed by atoms with van der Waals surface area (Å²) in [7, 11) is 1.94. The molecule has 4 nitrogen and oxygen atoms in total. The third kappa shape index (κ3) is 3.58. The van der Waals surface area contributed by atoms with Gasteiger partial charge in [-0.05, 0) is 51.0 Å². The Morgan fingerprint density at radius 1 is 1.14 bits per heavy atom. The molecule has 3 aliphatic rings. The molecule has 2 saturated heterocycles. The summed E-state index contributed by atoms with van der Waals surface area (Å²) in [5, 5.41) is 3.62. The van der Waals surface area contributed by atoms with Gasteiger partial charge < -0.3 is 10.2 Å². The van der Waals surface area contributed by atoms with E-state index in [2.05, 4.69) is 27.0 Å². The van der Waals surface area contributed by atoms with Gasteiger partial charge in [0.25, 0.3) is 0 Å². The second kappa shape index (κ2) is 7.20. The summed E-state index contributed by atoms with van der Waals surface area (Å²) in [5.74, 6) is 1.13. The van der Waals surface area contributed by atoms with Crippen LogP contribution in [0.1, 0.15) is 58.3 Å². The Balaban J connectivity index is 1.44. The molecule has 0 bridgehead atoms. The zero-order valence-corrected chi connectivity index (χ0v) is 14.6. The molecule has 0 amide bonds. The molecule has 1 spiro atoms. The SMILES string of the molecule is CN=C(NCCN1CCCCC1C)N1CCC2(CCCC2)C1. The molecule has 1 unspecified atom stereocenters. The maximum absolute atomic E-state index is 4.54. The first-order valence-corrected chi connectivity index (χ1v) is 9.42. The quantitative estimate of drug-likeness (QED) is 0.642. The third-order valence-electron chi connectivity index (χ3n) is 6.24. The van der Waals surface area contributed by atoms with E-state index in [4.69, 9.17) is 0 Å². The van der Waals surface area contributed by atoms with Crippen LogP contribution in [0.15, 0.2) is 4.99 Å². The second-order valence-electron chi connectivity index (χ2n) is 7.73. The molecule has 1 atom stereocenters. The maximum Gasteiger partial charge on any atom is 0.193 e. The highest BCUT2D eigenvalue weighted by Gasteiger charge is 2.41. The number of nitrogens with zero attached hydrogens (tertiary/aromatic N) is 3. The summed E-state index contributed by atoms with van der Waals surface area (Å²) >= 11 is 0. The third-order valence-corrected chi connectivity index (χ3v) is 6.24. The Morgan fingerprint density at radius 3 is 2.68 bits per heavy atom. The molecule has 4 heteroatoms. The van der Waals surface area contributed by atoms with E-state index in [1.54, 1.807) is 0 Å². The van der Waals surface area contributed by atoms with Crippen LogP contribution in [-0.2, 0) is 0 Å². The fourth-order valence-electron chi connectivity index (χ4n) is 4.78. The van der Waals surface area contributed by atoms with Gasteiger partial charge in [0.05, 0.1) is 0 Å². The molecule has 3 rings (SSSR count). The number of hydrogen-bond acceptors (Lipinski definition) is 2. The molecule has 1 aliphatic carbocycles. The van der Waals surface area contributed by atoms with Crippen molar-refractivity contribution >= 4 is 5.96 Å². The smallest absolute Gasteiger partial charge is 0.193 e. The highest BCUT2D eigenvalue weighted by atomic mass is 15.3. The molecule has 0 aromatic rings. The van der Waals surface area contributed by atoms with Crippen molar-refractivity contribution in [2.75, 3.05) is 39.8 Å². The van der Waals surface area contributed by atoms with Gasteiger partial charge >= 0.3 is 0 Å². The lowest BCUT2D eigenvalue weighted by atomic mass is 9.86. The van der Waals surface area contributed by atoms with E-state index in [0.717, 1.165) is 25.1 Å². The molecule has 0 radical (unpaired) electrons. The minimum absolute atomic E-state index is 0.624. The minimum Gasteiger partial charge on any atom is -0.355 e. The van der Waals surface area contributed by atoms with Crippen LogP contribution in [0.4, 0.5) is 0 Å². The highest BCUT2D eigenvalue weighted by molar-refractivity contribution is 5.80. The van der Waals surface area contributed by atoms with Crippen molar-refractivity contribution in [1.29, 1.82) is 0 Å². The maximum atomic E-state index is 4.54. The Hall–Kier alpha value is -0.770. The van der Waals surface area contributed by atoms with Crippen molar-refractivity contribution in [2.45, 2.75) is 64.3 Å². The van der Waals surface area contributed by atoms with Crippen LogP contribution < -0.4 is 5.32 Å². The molecule has 3 fully saturated rings. The van der Waals surface area contributed by atoms with Gasteiger partial charge in [0, 0.05) is 39.3 Å². The van der Waals surface area contributed by atoms with Crippen molar-refractivity contribution < 1.29 is 0 Å². The number of nitrogens with one attached hydrogen (secondary N) is 1. The number of hydrogen-bond donors (Lipinski definition) is 1. The summed E-state index contributed by atoms with van der Waals surface area (Å²) in [5.41, 5.74) is 0.624. The number of guanidine groups is 1. The monoisotopic (exact) mass is 306 g/mol. The fraction of sp³-hybridized carbons (Fsp3) is 0.944. The van der Waals surface area contributed by atoms with Gasteiger partial charge in [-0.1, -0.05) is 19.3 Å². The van der Waals surface area contributed by atoms with E-state index in [0.29, 0.717) is 5.41 Å². The molecule has 1 saturated carbocycles. The Labute approximate surface area is 136 Å². The van der Waals surface area contributed by atoms with Gasteiger partial charge in [0.1, 0.15) is 0 Å². The van der Waals surface area contributed by atoms with Gasteiger partial charge in [0.2, 0.25) is 0 Å². The predicted molar refractivity (Wildman–Crippen MR) is 93.3 cm³/mol. The van der Waals surface area contributed by atoms with Gasteiger partial charge in [-0.2, -0.15) is 0 Å². The fourth-order valence-corrected chi connectivity index (χ4v) is 4.78. The summed E-state index contributed by atoms with van der Waals surface area (Å²) in [4.78, 5) is 9.68. The largest absolute Gasteiger partial charge is 0.355 e. The molecule has 1 N–H and O–H groups in total. The average molecular weight is 306 g/mol. The van der Waals surface area contributed by atoms with Crippen LogP contribution in [0, 0.1) is 5.41 Å². The summed E-state index contributed by atoms with van der Waals surface area (Å²) in [6.45, 7) is 8.25. The summed E-state index contributed by atoms with van der Waals surface area (Å²) in [6, 6.07) is 0.756. The number of likely N-dealkylation sites (tertiary alicyclic amines) is 2. The van der Waals surface area contributed by atoms with Crippen LogP contribution in [0.2, 0.25) is 0 Å². The van der Waals surface area contributed by atoms with Gasteiger partial charge in [-0.15, -0.1) is 0 Å². The van der Waals surface area contributed by atoms with Crippen LogP contribution >= 0.6 is 0 Å².